The molecule has 0 spiro atoms. The van der Waals surface area contributed by atoms with Gasteiger partial charge in [-0.1, -0.05) is 39.7 Å². The number of benzene rings is 1. The molecule has 0 aromatic heterocycles. The Hall–Kier alpha value is -0.580. The Kier molecular flexibility index (Phi) is 4.65. The molecule has 2 N–H and O–H groups in total. The lowest BCUT2D eigenvalue weighted by Gasteiger charge is -2.33. The predicted molar refractivity (Wildman–Crippen MR) is 76.5 cm³/mol. The molecule has 2 rings (SSSR count). The zero-order valence-electron chi connectivity index (χ0n) is 9.98. The third-order valence-electron chi connectivity index (χ3n) is 3.43. The summed E-state index contributed by atoms with van der Waals surface area (Å²) >= 11 is 9.39. The molecule has 1 amide bonds. The summed E-state index contributed by atoms with van der Waals surface area (Å²) in [5.41, 5.74) is 5.89. The smallest absolute Gasteiger partial charge is 0.250 e. The second-order valence-corrected chi connectivity index (χ2v) is 5.93. The predicted octanol–water partition coefficient (Wildman–Crippen LogP) is 2.68. The second kappa shape index (κ2) is 6.04. The molecule has 1 unspecified atom stereocenters. The highest BCUT2D eigenvalue weighted by Crippen LogP contribution is 2.29. The lowest BCUT2D eigenvalue weighted by atomic mass is 9.89. The normalized spacial score (nSPS) is 19.7. The van der Waals surface area contributed by atoms with E-state index in [-0.39, 0.29) is 0 Å². The molecule has 1 atom stereocenters. The minimum absolute atomic E-state index is 0.459. The third kappa shape index (κ3) is 3.25. The topological polar surface area (TPSA) is 46.3 Å². The van der Waals surface area contributed by atoms with Crippen molar-refractivity contribution in [1.29, 1.82) is 0 Å². The molecular weight excluding hydrogens is 316 g/mol. The Morgan fingerprint density at radius 3 is 2.39 bits per heavy atom. The van der Waals surface area contributed by atoms with Gasteiger partial charge in [-0.05, 0) is 36.5 Å². The zero-order valence-corrected chi connectivity index (χ0v) is 12.3. The van der Waals surface area contributed by atoms with Crippen molar-refractivity contribution >= 4 is 33.4 Å². The summed E-state index contributed by atoms with van der Waals surface area (Å²) in [7, 11) is 0. The summed E-state index contributed by atoms with van der Waals surface area (Å²) < 4.78 is 1.10. The molecule has 18 heavy (non-hydrogen) atoms. The molecule has 1 aliphatic rings. The first-order valence-corrected chi connectivity index (χ1v) is 7.24. The third-order valence-corrected chi connectivity index (χ3v) is 4.45. The maximum absolute atomic E-state index is 11.0. The SMILES string of the molecule is NC(=O)C(Cl)N1CCC(c2ccc(Br)cc2)CC1. The van der Waals surface area contributed by atoms with E-state index in [2.05, 4.69) is 40.2 Å². The highest BCUT2D eigenvalue weighted by atomic mass is 79.9. The minimum Gasteiger partial charge on any atom is -0.367 e. The fourth-order valence-corrected chi connectivity index (χ4v) is 2.83. The van der Waals surface area contributed by atoms with Gasteiger partial charge in [0.2, 0.25) is 5.91 Å². The van der Waals surface area contributed by atoms with Crippen LogP contribution in [0.3, 0.4) is 0 Å². The van der Waals surface area contributed by atoms with Gasteiger partial charge in [0.1, 0.15) is 0 Å². The first kappa shape index (κ1) is 13.8. The number of rotatable bonds is 3. The van der Waals surface area contributed by atoms with E-state index >= 15 is 0 Å². The molecule has 1 aromatic carbocycles. The van der Waals surface area contributed by atoms with Crippen LogP contribution in [0.15, 0.2) is 28.7 Å². The fourth-order valence-electron chi connectivity index (χ4n) is 2.37. The number of hydrogen-bond donors (Lipinski definition) is 1. The summed E-state index contributed by atoms with van der Waals surface area (Å²) in [6, 6.07) is 8.43. The zero-order chi connectivity index (χ0) is 13.1. The minimum atomic E-state index is -0.670. The first-order chi connectivity index (χ1) is 8.58. The molecule has 0 saturated carbocycles. The highest BCUT2D eigenvalue weighted by Gasteiger charge is 2.27. The van der Waals surface area contributed by atoms with Crippen molar-refractivity contribution in [2.75, 3.05) is 13.1 Å². The van der Waals surface area contributed by atoms with E-state index in [1.807, 2.05) is 4.90 Å². The number of nitrogens with two attached hydrogens (primary N) is 1. The molecule has 0 bridgehead atoms. The standard InChI is InChI=1S/C13H16BrClN2O/c14-11-3-1-9(2-4-11)10-5-7-17(8-6-10)12(15)13(16)18/h1-4,10,12H,5-8H2,(H2,16,18). The van der Waals surface area contributed by atoms with Crippen LogP contribution < -0.4 is 5.73 Å². The summed E-state index contributed by atoms with van der Waals surface area (Å²) in [5, 5.41) is 0. The number of amides is 1. The molecule has 1 saturated heterocycles. The van der Waals surface area contributed by atoms with Gasteiger partial charge >= 0.3 is 0 Å². The highest BCUT2D eigenvalue weighted by molar-refractivity contribution is 9.10. The Labute approximate surface area is 120 Å². The summed E-state index contributed by atoms with van der Waals surface area (Å²) in [4.78, 5) is 13.0. The van der Waals surface area contributed by atoms with Crippen molar-refractivity contribution in [3.63, 3.8) is 0 Å². The molecule has 98 valence electrons. The number of primary amides is 1. The molecule has 1 heterocycles. The van der Waals surface area contributed by atoms with Gasteiger partial charge in [-0.2, -0.15) is 0 Å². The van der Waals surface area contributed by atoms with Crippen LogP contribution in [0.25, 0.3) is 0 Å². The Bertz CT molecular complexity index is 416. The molecular formula is C13H16BrClN2O. The van der Waals surface area contributed by atoms with Crippen molar-refractivity contribution in [3.8, 4) is 0 Å². The van der Waals surface area contributed by atoms with Gasteiger partial charge in [0.05, 0.1) is 0 Å². The van der Waals surface area contributed by atoms with Gasteiger partial charge in [0, 0.05) is 17.6 Å². The molecule has 3 nitrogen and oxygen atoms in total. The van der Waals surface area contributed by atoms with E-state index in [0.29, 0.717) is 5.92 Å². The fraction of sp³-hybridized carbons (Fsp3) is 0.462. The lowest BCUT2D eigenvalue weighted by Crippen LogP contribution is -2.44. The molecule has 1 fully saturated rings. The number of halogens is 2. The second-order valence-electron chi connectivity index (χ2n) is 4.60. The van der Waals surface area contributed by atoms with E-state index in [4.69, 9.17) is 17.3 Å². The van der Waals surface area contributed by atoms with Gasteiger partial charge < -0.3 is 5.73 Å². The van der Waals surface area contributed by atoms with Crippen LogP contribution in [0.2, 0.25) is 0 Å². The van der Waals surface area contributed by atoms with E-state index < -0.39 is 11.4 Å². The number of nitrogens with zero attached hydrogens (tertiary/aromatic N) is 1. The van der Waals surface area contributed by atoms with Gasteiger partial charge in [0.15, 0.2) is 5.50 Å². The number of likely N-dealkylation sites (tertiary alicyclic amines) is 1. The van der Waals surface area contributed by atoms with Crippen molar-refractivity contribution in [2.24, 2.45) is 5.73 Å². The summed E-state index contributed by atoms with van der Waals surface area (Å²) in [5.74, 6) is 0.0878. The van der Waals surface area contributed by atoms with E-state index in [9.17, 15) is 4.79 Å². The van der Waals surface area contributed by atoms with Crippen LogP contribution in [0.4, 0.5) is 0 Å². The number of carbonyl (C=O) groups excluding carboxylic acids is 1. The maximum Gasteiger partial charge on any atom is 0.250 e. The van der Waals surface area contributed by atoms with Gasteiger partial charge in [0.25, 0.3) is 0 Å². The first-order valence-electron chi connectivity index (χ1n) is 6.01. The van der Waals surface area contributed by atoms with Gasteiger partial charge in [-0.25, -0.2) is 0 Å². The largest absolute Gasteiger partial charge is 0.367 e. The average Bonchev–Trinajstić information content (AvgIpc) is 2.39. The number of alkyl halides is 1. The number of carbonyl (C=O) groups is 1. The Morgan fingerprint density at radius 1 is 1.33 bits per heavy atom. The number of hydrogen-bond acceptors (Lipinski definition) is 2. The van der Waals surface area contributed by atoms with Crippen LogP contribution in [-0.4, -0.2) is 29.4 Å². The molecule has 5 heteroatoms. The van der Waals surface area contributed by atoms with Crippen molar-refractivity contribution in [1.82, 2.24) is 4.90 Å². The summed E-state index contributed by atoms with van der Waals surface area (Å²) in [6.07, 6.45) is 2.02. The van der Waals surface area contributed by atoms with Crippen LogP contribution in [0.5, 0.6) is 0 Å². The van der Waals surface area contributed by atoms with E-state index in [1.165, 1.54) is 5.56 Å². The molecule has 0 aliphatic carbocycles. The van der Waals surface area contributed by atoms with Crippen LogP contribution in [0, 0.1) is 0 Å². The van der Waals surface area contributed by atoms with Crippen molar-refractivity contribution < 1.29 is 4.79 Å². The maximum atomic E-state index is 11.0. The van der Waals surface area contributed by atoms with Gasteiger partial charge in [-0.15, -0.1) is 0 Å². The molecule has 1 aliphatic heterocycles. The Balaban J connectivity index is 1.94. The Morgan fingerprint density at radius 2 is 1.89 bits per heavy atom. The quantitative estimate of drug-likeness (QED) is 0.684. The van der Waals surface area contributed by atoms with Gasteiger partial charge in [-0.3, -0.25) is 9.69 Å². The lowest BCUT2D eigenvalue weighted by molar-refractivity contribution is -0.120. The van der Waals surface area contributed by atoms with E-state index in [1.54, 1.807) is 0 Å². The van der Waals surface area contributed by atoms with Crippen molar-refractivity contribution in [3.05, 3.63) is 34.3 Å². The summed E-state index contributed by atoms with van der Waals surface area (Å²) in [6.45, 7) is 1.63. The molecule has 0 radical (unpaired) electrons. The molecule has 1 aromatic rings. The number of piperidine rings is 1. The van der Waals surface area contributed by atoms with Crippen molar-refractivity contribution in [2.45, 2.75) is 24.3 Å². The van der Waals surface area contributed by atoms with Crippen LogP contribution in [-0.2, 0) is 4.79 Å². The van der Waals surface area contributed by atoms with Crippen LogP contribution >= 0.6 is 27.5 Å². The average molecular weight is 332 g/mol. The van der Waals surface area contributed by atoms with Crippen LogP contribution in [0.1, 0.15) is 24.3 Å². The monoisotopic (exact) mass is 330 g/mol. The van der Waals surface area contributed by atoms with E-state index in [0.717, 1.165) is 30.4 Å².